The Hall–Kier alpha value is -1.54. The summed E-state index contributed by atoms with van der Waals surface area (Å²) in [7, 11) is 3.05. The number of esters is 1. The molecule has 39 heavy (non-hydrogen) atoms. The Kier molecular flexibility index (Phi) is 16.4. The molecule has 1 N–H and O–H groups in total. The summed E-state index contributed by atoms with van der Waals surface area (Å²) in [4.78, 5) is 30.3. The van der Waals surface area contributed by atoms with Gasteiger partial charge < -0.3 is 0 Å². The van der Waals surface area contributed by atoms with Gasteiger partial charge >= 0.3 is 243 Å². The SMILES string of the molecule is CCC[CH2][Sn]([CH2]CCC)([CH2]CCC)/[C](=C/CCCC(=O)OC(C)(C)C)c1cc(C)c(OC)c(C(=O)NOC)c1. The van der Waals surface area contributed by atoms with Crippen LogP contribution in [0.5, 0.6) is 5.75 Å². The van der Waals surface area contributed by atoms with Crippen molar-refractivity contribution in [3.05, 3.63) is 34.9 Å². The van der Waals surface area contributed by atoms with Crippen LogP contribution in [0.3, 0.4) is 0 Å². The normalized spacial score (nSPS) is 12.4. The Bertz CT molecular complexity index is 913. The summed E-state index contributed by atoms with van der Waals surface area (Å²) in [6.45, 7) is 14.6. The third-order valence-corrected chi connectivity index (χ3v) is 23.1. The van der Waals surface area contributed by atoms with Crippen LogP contribution in [0.2, 0.25) is 13.3 Å². The minimum absolute atomic E-state index is 0.144. The number of unbranched alkanes of at least 4 members (excludes halogenated alkanes) is 4. The van der Waals surface area contributed by atoms with Crippen LogP contribution in [-0.2, 0) is 14.4 Å². The fraction of sp³-hybridized carbons (Fsp3) is 0.688. The summed E-state index contributed by atoms with van der Waals surface area (Å²) >= 11 is -2.92. The van der Waals surface area contributed by atoms with Crippen molar-refractivity contribution in [2.45, 2.75) is 125 Å². The monoisotopic (exact) mass is 653 g/mol. The zero-order valence-corrected chi connectivity index (χ0v) is 29.1. The van der Waals surface area contributed by atoms with Crippen molar-refractivity contribution in [2.24, 2.45) is 0 Å². The second kappa shape index (κ2) is 18.0. The van der Waals surface area contributed by atoms with Crippen LogP contribution in [0.25, 0.3) is 3.59 Å². The van der Waals surface area contributed by atoms with Gasteiger partial charge in [-0.3, -0.25) is 0 Å². The van der Waals surface area contributed by atoms with E-state index in [4.69, 9.17) is 14.3 Å². The van der Waals surface area contributed by atoms with E-state index in [1.807, 2.05) is 33.8 Å². The number of rotatable bonds is 18. The summed E-state index contributed by atoms with van der Waals surface area (Å²) < 4.78 is 16.6. The number of hydroxylamine groups is 1. The number of allylic oxidation sites excluding steroid dienone is 1. The van der Waals surface area contributed by atoms with Gasteiger partial charge in [-0.05, 0) is 0 Å². The molecule has 0 aliphatic rings. The molecule has 0 atom stereocenters. The van der Waals surface area contributed by atoms with Gasteiger partial charge in [0.2, 0.25) is 0 Å². The number of aryl methyl sites for hydroxylation is 1. The Labute approximate surface area is 242 Å². The number of benzene rings is 1. The van der Waals surface area contributed by atoms with E-state index in [2.05, 4.69) is 38.4 Å². The topological polar surface area (TPSA) is 73.9 Å². The van der Waals surface area contributed by atoms with Crippen LogP contribution < -0.4 is 10.2 Å². The van der Waals surface area contributed by atoms with Gasteiger partial charge in [0.05, 0.1) is 0 Å². The number of ether oxygens (including phenoxy) is 2. The molecule has 0 bridgehead atoms. The molecule has 1 amide bonds. The quantitative estimate of drug-likeness (QED) is 0.0745. The van der Waals surface area contributed by atoms with Crippen LogP contribution in [0.4, 0.5) is 0 Å². The first-order valence-electron chi connectivity index (χ1n) is 14.9. The molecule has 0 aliphatic carbocycles. The van der Waals surface area contributed by atoms with E-state index in [-0.39, 0.29) is 11.9 Å². The first-order chi connectivity index (χ1) is 18.5. The van der Waals surface area contributed by atoms with Gasteiger partial charge in [0.25, 0.3) is 0 Å². The summed E-state index contributed by atoms with van der Waals surface area (Å²) in [6.07, 6.45) is 11.7. The first kappa shape index (κ1) is 35.5. The summed E-state index contributed by atoms with van der Waals surface area (Å²) in [5, 5.41) is 0. The van der Waals surface area contributed by atoms with E-state index in [1.54, 1.807) is 7.11 Å². The number of amides is 1. The molecule has 0 saturated carbocycles. The standard InChI is InChI=1S/C20H28NO5.3C4H9.Sn/c1-14-12-15(13-16(18(14)24-5)19(23)21-25-6)10-8-7-9-11-17(22)26-20(2,3)4;3*1-3-4-2;/h8,12-13H,7,9,11H2,1-6H3,(H,21,23);3*1,3-4H2,2H3;. The van der Waals surface area contributed by atoms with Crippen molar-refractivity contribution < 1.29 is 23.9 Å². The van der Waals surface area contributed by atoms with Crippen molar-refractivity contribution in [1.82, 2.24) is 5.48 Å². The van der Waals surface area contributed by atoms with Gasteiger partial charge in [0, 0.05) is 0 Å². The molecule has 222 valence electrons. The number of hydrogen-bond acceptors (Lipinski definition) is 5. The molecule has 0 fully saturated rings. The minimum atomic E-state index is -2.92. The Morgan fingerprint density at radius 3 is 1.95 bits per heavy atom. The van der Waals surface area contributed by atoms with Crippen molar-refractivity contribution in [3.8, 4) is 5.75 Å². The second-order valence-electron chi connectivity index (χ2n) is 11.7. The van der Waals surface area contributed by atoms with E-state index in [1.165, 1.54) is 62.5 Å². The van der Waals surface area contributed by atoms with E-state index in [9.17, 15) is 9.59 Å². The third-order valence-electron chi connectivity index (χ3n) is 7.18. The molecule has 0 aliphatic heterocycles. The van der Waals surface area contributed by atoms with Crippen molar-refractivity contribution in [3.63, 3.8) is 0 Å². The van der Waals surface area contributed by atoms with E-state index < -0.39 is 24.0 Å². The van der Waals surface area contributed by atoms with Crippen molar-refractivity contribution in [2.75, 3.05) is 14.2 Å². The molecular formula is C32H55NO5Sn. The van der Waals surface area contributed by atoms with Gasteiger partial charge in [-0.15, -0.1) is 0 Å². The van der Waals surface area contributed by atoms with Crippen LogP contribution in [0.1, 0.15) is 121 Å². The molecule has 1 aromatic carbocycles. The number of carbonyl (C=O) groups excluding carboxylic acids is 2. The molecule has 0 saturated heterocycles. The molecule has 6 nitrogen and oxygen atoms in total. The molecular weight excluding hydrogens is 597 g/mol. The van der Waals surface area contributed by atoms with Crippen molar-refractivity contribution in [1.29, 1.82) is 0 Å². The molecule has 0 heterocycles. The zero-order valence-electron chi connectivity index (χ0n) is 26.3. The zero-order chi connectivity index (χ0) is 29.5. The molecule has 1 rings (SSSR count). The fourth-order valence-corrected chi connectivity index (χ4v) is 22.4. The Morgan fingerprint density at radius 2 is 1.49 bits per heavy atom. The number of methoxy groups -OCH3 is 1. The van der Waals surface area contributed by atoms with Gasteiger partial charge in [-0.25, -0.2) is 0 Å². The second-order valence-corrected chi connectivity index (χ2v) is 24.8. The number of nitrogens with one attached hydrogen (secondary N) is 1. The predicted octanol–water partition coefficient (Wildman–Crippen LogP) is 8.58. The predicted molar refractivity (Wildman–Crippen MR) is 165 cm³/mol. The van der Waals surface area contributed by atoms with Crippen LogP contribution in [-0.4, -0.2) is 50.1 Å². The molecule has 0 radical (unpaired) electrons. The molecule has 0 spiro atoms. The molecule has 0 aromatic heterocycles. The fourth-order valence-electron chi connectivity index (χ4n) is 5.37. The van der Waals surface area contributed by atoms with Crippen LogP contribution >= 0.6 is 0 Å². The van der Waals surface area contributed by atoms with E-state index in [0.717, 1.165) is 24.0 Å². The molecule has 0 unspecified atom stereocenters. The van der Waals surface area contributed by atoms with Gasteiger partial charge in [0.15, 0.2) is 0 Å². The molecule has 1 aromatic rings. The summed E-state index contributed by atoms with van der Waals surface area (Å²) in [6, 6.07) is 4.22. The summed E-state index contributed by atoms with van der Waals surface area (Å²) in [5.41, 5.74) is 4.60. The molecule has 7 heteroatoms. The summed E-state index contributed by atoms with van der Waals surface area (Å²) in [5.74, 6) is 0.128. The van der Waals surface area contributed by atoms with Crippen LogP contribution in [0.15, 0.2) is 18.2 Å². The maximum absolute atomic E-state index is 13.0. The van der Waals surface area contributed by atoms with Crippen LogP contribution in [0, 0.1) is 6.92 Å². The van der Waals surface area contributed by atoms with Gasteiger partial charge in [0.1, 0.15) is 0 Å². The Morgan fingerprint density at radius 1 is 0.923 bits per heavy atom. The number of hydrogen-bond donors (Lipinski definition) is 1. The van der Waals surface area contributed by atoms with E-state index in [0.29, 0.717) is 17.7 Å². The first-order valence-corrected chi connectivity index (χ1v) is 22.4. The average molecular weight is 653 g/mol. The number of carbonyl (C=O) groups is 2. The maximum atomic E-state index is 13.0. The third kappa shape index (κ3) is 11.8. The average Bonchev–Trinajstić information content (AvgIpc) is 2.87. The van der Waals surface area contributed by atoms with Crippen molar-refractivity contribution >= 4 is 33.8 Å². The van der Waals surface area contributed by atoms with E-state index >= 15 is 0 Å². The Balaban J connectivity index is 3.68. The van der Waals surface area contributed by atoms with Gasteiger partial charge in [-0.2, -0.15) is 0 Å². The van der Waals surface area contributed by atoms with Gasteiger partial charge in [-0.1, -0.05) is 0 Å².